The highest BCUT2D eigenvalue weighted by atomic mass is 79.9. The predicted molar refractivity (Wildman–Crippen MR) is 46.2 cm³/mol. The number of alkyl halides is 3. The normalized spacial score (nSPS) is 11.5. The molecule has 0 aliphatic carbocycles. The minimum absolute atomic E-state index is 0.221. The third-order valence-electron chi connectivity index (χ3n) is 1.28. The van der Waals surface area contributed by atoms with E-state index in [1.54, 1.807) is 0 Å². The molecule has 0 spiro atoms. The lowest BCUT2D eigenvalue weighted by molar-refractivity contribution is -0.274. The van der Waals surface area contributed by atoms with Crippen LogP contribution in [0.3, 0.4) is 0 Å². The molecule has 0 saturated heterocycles. The molecule has 1 rings (SSSR count). The average molecular weight is 270 g/mol. The first kappa shape index (κ1) is 11.3. The van der Waals surface area contributed by atoms with E-state index in [4.69, 9.17) is 5.11 Å². The molecule has 0 aromatic heterocycles. The quantitative estimate of drug-likeness (QED) is 0.893. The SMILES string of the molecule is O[CH]c1cc(Br)cc(OC(F)(F)F)c1. The van der Waals surface area contributed by atoms with E-state index in [1.165, 1.54) is 6.07 Å². The van der Waals surface area contributed by atoms with Crippen molar-refractivity contribution in [2.24, 2.45) is 0 Å². The van der Waals surface area contributed by atoms with Crippen molar-refractivity contribution < 1.29 is 23.0 Å². The molecule has 0 aliphatic rings. The standard InChI is InChI=1S/C8H5BrF3O2/c9-6-1-5(4-13)2-7(3-6)14-8(10,11)12/h1-4,13H. The summed E-state index contributed by atoms with van der Waals surface area (Å²) in [5.74, 6) is -0.382. The number of aliphatic hydroxyl groups is 1. The zero-order valence-corrected chi connectivity index (χ0v) is 8.26. The summed E-state index contributed by atoms with van der Waals surface area (Å²) in [7, 11) is 0. The van der Waals surface area contributed by atoms with Crippen molar-refractivity contribution >= 4 is 15.9 Å². The molecule has 77 valence electrons. The van der Waals surface area contributed by atoms with Gasteiger partial charge in [-0.15, -0.1) is 13.2 Å². The highest BCUT2D eigenvalue weighted by Gasteiger charge is 2.31. The van der Waals surface area contributed by atoms with Crippen LogP contribution in [0, 0.1) is 6.61 Å². The van der Waals surface area contributed by atoms with Crippen molar-refractivity contribution in [1.82, 2.24) is 0 Å². The molecule has 6 heteroatoms. The van der Waals surface area contributed by atoms with Gasteiger partial charge >= 0.3 is 6.36 Å². The van der Waals surface area contributed by atoms with Crippen LogP contribution in [-0.2, 0) is 0 Å². The molecule has 1 aromatic carbocycles. The van der Waals surface area contributed by atoms with Crippen molar-refractivity contribution in [3.8, 4) is 5.75 Å². The van der Waals surface area contributed by atoms with E-state index in [-0.39, 0.29) is 11.3 Å². The average Bonchev–Trinajstić information content (AvgIpc) is 1.99. The molecule has 0 unspecified atom stereocenters. The van der Waals surface area contributed by atoms with Gasteiger partial charge in [-0.05, 0) is 23.8 Å². The smallest absolute Gasteiger partial charge is 0.406 e. The number of hydrogen-bond acceptors (Lipinski definition) is 2. The zero-order chi connectivity index (χ0) is 10.8. The molecule has 0 saturated carbocycles. The number of ether oxygens (including phenoxy) is 1. The fourth-order valence-electron chi connectivity index (χ4n) is 0.851. The Morgan fingerprint density at radius 1 is 1.29 bits per heavy atom. The molecule has 14 heavy (non-hydrogen) atoms. The molecule has 0 amide bonds. The van der Waals surface area contributed by atoms with Crippen molar-refractivity contribution in [3.63, 3.8) is 0 Å². The zero-order valence-electron chi connectivity index (χ0n) is 6.68. The van der Waals surface area contributed by atoms with Crippen molar-refractivity contribution in [2.75, 3.05) is 0 Å². The van der Waals surface area contributed by atoms with Crippen LogP contribution in [0.2, 0.25) is 0 Å². The predicted octanol–water partition coefficient (Wildman–Crippen LogP) is 3.23. The Morgan fingerprint density at radius 3 is 2.43 bits per heavy atom. The second kappa shape index (κ2) is 4.18. The van der Waals surface area contributed by atoms with Crippen LogP contribution >= 0.6 is 15.9 Å². The number of rotatable bonds is 2. The van der Waals surface area contributed by atoms with E-state index in [1.807, 2.05) is 0 Å². The van der Waals surface area contributed by atoms with E-state index >= 15 is 0 Å². The van der Waals surface area contributed by atoms with E-state index in [0.29, 0.717) is 11.1 Å². The molecule has 0 bridgehead atoms. The molecule has 0 atom stereocenters. The van der Waals surface area contributed by atoms with Crippen molar-refractivity contribution in [1.29, 1.82) is 0 Å². The number of aliphatic hydroxyl groups excluding tert-OH is 1. The van der Waals surface area contributed by atoms with Crippen molar-refractivity contribution in [3.05, 3.63) is 34.8 Å². The van der Waals surface area contributed by atoms with Gasteiger partial charge in [-0.1, -0.05) is 15.9 Å². The summed E-state index contributed by atoms with van der Waals surface area (Å²) in [6.07, 6.45) is -4.73. The highest BCUT2D eigenvalue weighted by molar-refractivity contribution is 9.10. The minimum Gasteiger partial charge on any atom is -0.406 e. The van der Waals surface area contributed by atoms with Gasteiger partial charge in [-0.2, -0.15) is 0 Å². The van der Waals surface area contributed by atoms with Crippen LogP contribution in [0.15, 0.2) is 22.7 Å². The third-order valence-corrected chi connectivity index (χ3v) is 1.73. The molecule has 1 radical (unpaired) electrons. The molecular weight excluding hydrogens is 265 g/mol. The van der Waals surface area contributed by atoms with Gasteiger partial charge < -0.3 is 9.84 Å². The summed E-state index contributed by atoms with van der Waals surface area (Å²) < 4.78 is 39.4. The van der Waals surface area contributed by atoms with E-state index in [0.717, 1.165) is 12.1 Å². The lowest BCUT2D eigenvalue weighted by atomic mass is 10.2. The van der Waals surface area contributed by atoms with E-state index in [9.17, 15) is 13.2 Å². The molecule has 2 nitrogen and oxygen atoms in total. The molecule has 0 fully saturated rings. The Kier molecular flexibility index (Phi) is 3.38. The number of hydrogen-bond donors (Lipinski definition) is 1. The van der Waals surface area contributed by atoms with Crippen molar-refractivity contribution in [2.45, 2.75) is 6.36 Å². The van der Waals surface area contributed by atoms with Gasteiger partial charge in [-0.3, -0.25) is 0 Å². The molecule has 1 N–H and O–H groups in total. The summed E-state index contributed by atoms with van der Waals surface area (Å²) in [6.45, 7) is 0.688. The number of benzene rings is 1. The van der Waals surface area contributed by atoms with Gasteiger partial charge in [0.05, 0.1) is 0 Å². The Bertz CT molecular complexity index is 325. The van der Waals surface area contributed by atoms with Gasteiger partial charge in [0, 0.05) is 4.47 Å². The second-order valence-corrected chi connectivity index (χ2v) is 3.31. The van der Waals surface area contributed by atoms with Crippen LogP contribution in [0.25, 0.3) is 0 Å². The Morgan fingerprint density at radius 2 is 1.93 bits per heavy atom. The summed E-state index contributed by atoms with van der Waals surface area (Å²) in [4.78, 5) is 0. The maximum absolute atomic E-state index is 11.8. The lowest BCUT2D eigenvalue weighted by Gasteiger charge is -2.09. The maximum atomic E-state index is 11.8. The Hall–Kier alpha value is -0.750. The summed E-state index contributed by atoms with van der Waals surface area (Å²) in [5, 5.41) is 8.60. The van der Waals surface area contributed by atoms with Crippen LogP contribution in [0.4, 0.5) is 13.2 Å². The Balaban J connectivity index is 2.92. The maximum Gasteiger partial charge on any atom is 0.573 e. The van der Waals surface area contributed by atoms with Gasteiger partial charge in [0.15, 0.2) is 0 Å². The monoisotopic (exact) mass is 269 g/mol. The second-order valence-electron chi connectivity index (χ2n) is 2.40. The third kappa shape index (κ3) is 3.55. The first-order valence-electron chi connectivity index (χ1n) is 3.44. The highest BCUT2D eigenvalue weighted by Crippen LogP contribution is 2.27. The first-order valence-corrected chi connectivity index (χ1v) is 4.24. The lowest BCUT2D eigenvalue weighted by Crippen LogP contribution is -2.17. The number of halogens is 4. The van der Waals surface area contributed by atoms with Gasteiger partial charge in [0.2, 0.25) is 0 Å². The van der Waals surface area contributed by atoms with Crippen LogP contribution in [0.1, 0.15) is 5.56 Å². The molecule has 0 heterocycles. The summed E-state index contributed by atoms with van der Waals surface area (Å²) >= 11 is 2.98. The minimum atomic E-state index is -4.73. The largest absolute Gasteiger partial charge is 0.573 e. The molecule has 1 aromatic rings. The molecular formula is C8H5BrF3O2. The fraction of sp³-hybridized carbons (Fsp3) is 0.125. The van der Waals surface area contributed by atoms with Gasteiger partial charge in [-0.25, -0.2) is 0 Å². The van der Waals surface area contributed by atoms with E-state index in [2.05, 4.69) is 20.7 Å². The first-order chi connectivity index (χ1) is 6.40. The summed E-state index contributed by atoms with van der Waals surface area (Å²) in [6, 6.07) is 3.67. The summed E-state index contributed by atoms with van der Waals surface area (Å²) in [5.41, 5.74) is 0.221. The topological polar surface area (TPSA) is 29.5 Å². The molecule has 0 aliphatic heterocycles. The van der Waals surface area contributed by atoms with Crippen LogP contribution in [-0.4, -0.2) is 11.5 Å². The van der Waals surface area contributed by atoms with Crippen LogP contribution in [0.5, 0.6) is 5.75 Å². The van der Waals surface area contributed by atoms with Gasteiger partial charge in [0.1, 0.15) is 12.4 Å². The fourth-order valence-corrected chi connectivity index (χ4v) is 1.34. The van der Waals surface area contributed by atoms with E-state index < -0.39 is 6.36 Å². The Labute approximate surface area is 86.4 Å². The van der Waals surface area contributed by atoms with Crippen LogP contribution < -0.4 is 4.74 Å². The van der Waals surface area contributed by atoms with Gasteiger partial charge in [0.25, 0.3) is 0 Å².